The smallest absolute Gasteiger partial charge is 0.412 e. The predicted octanol–water partition coefficient (Wildman–Crippen LogP) is 5.70. The SMILES string of the molecule is COc1cc2nc(C3CCCCC3)sc2cc1NC(=O)OC(C)(C)C. The van der Waals surface area contributed by atoms with Crippen LogP contribution in [0.1, 0.15) is 63.8 Å². The normalized spacial score (nSPS) is 16.0. The predicted molar refractivity (Wildman–Crippen MR) is 102 cm³/mol. The summed E-state index contributed by atoms with van der Waals surface area (Å²) < 4.78 is 11.8. The number of benzene rings is 1. The van der Waals surface area contributed by atoms with Crippen LogP contribution in [0.25, 0.3) is 10.2 Å². The molecule has 3 rings (SSSR count). The molecule has 1 N–H and O–H groups in total. The molecule has 0 aliphatic heterocycles. The van der Waals surface area contributed by atoms with Crippen LogP contribution in [0, 0.1) is 0 Å². The lowest BCUT2D eigenvalue weighted by Crippen LogP contribution is -2.27. The molecule has 2 aromatic rings. The highest BCUT2D eigenvalue weighted by Gasteiger charge is 2.21. The van der Waals surface area contributed by atoms with E-state index in [0.29, 0.717) is 17.4 Å². The van der Waals surface area contributed by atoms with Crippen molar-refractivity contribution >= 4 is 33.3 Å². The van der Waals surface area contributed by atoms with Gasteiger partial charge in [0.15, 0.2) is 0 Å². The number of nitrogens with zero attached hydrogens (tertiary/aromatic N) is 1. The summed E-state index contributed by atoms with van der Waals surface area (Å²) in [6, 6.07) is 3.83. The van der Waals surface area contributed by atoms with Crippen LogP contribution in [0.5, 0.6) is 5.75 Å². The lowest BCUT2D eigenvalue weighted by atomic mass is 9.90. The molecule has 136 valence electrons. The third-order valence-corrected chi connectivity index (χ3v) is 5.50. The van der Waals surface area contributed by atoms with E-state index in [9.17, 15) is 4.79 Å². The van der Waals surface area contributed by atoms with Gasteiger partial charge >= 0.3 is 6.09 Å². The van der Waals surface area contributed by atoms with E-state index in [-0.39, 0.29) is 0 Å². The van der Waals surface area contributed by atoms with Crippen molar-refractivity contribution in [2.45, 2.75) is 64.4 Å². The Morgan fingerprint density at radius 2 is 1.96 bits per heavy atom. The van der Waals surface area contributed by atoms with E-state index < -0.39 is 11.7 Å². The van der Waals surface area contributed by atoms with Crippen LogP contribution in [0.2, 0.25) is 0 Å². The van der Waals surface area contributed by atoms with Gasteiger partial charge in [0.05, 0.1) is 28.0 Å². The third kappa shape index (κ3) is 4.42. The van der Waals surface area contributed by atoms with Crippen LogP contribution in [0.15, 0.2) is 12.1 Å². The molecule has 1 heterocycles. The monoisotopic (exact) mass is 362 g/mol. The van der Waals surface area contributed by atoms with E-state index in [4.69, 9.17) is 14.5 Å². The molecule has 0 atom stereocenters. The minimum absolute atomic E-state index is 0.484. The number of fused-ring (bicyclic) bond motifs is 1. The van der Waals surface area contributed by atoms with Gasteiger partial charge in [-0.3, -0.25) is 5.32 Å². The fourth-order valence-corrected chi connectivity index (χ4v) is 4.33. The molecular formula is C19H26N2O3S. The summed E-state index contributed by atoms with van der Waals surface area (Å²) in [6.45, 7) is 5.52. The minimum Gasteiger partial charge on any atom is -0.494 e. The summed E-state index contributed by atoms with van der Waals surface area (Å²) in [5, 5.41) is 3.99. The Kier molecular flexibility index (Phi) is 5.18. The third-order valence-electron chi connectivity index (χ3n) is 4.32. The number of rotatable bonds is 3. The lowest BCUT2D eigenvalue weighted by molar-refractivity contribution is 0.0635. The quantitative estimate of drug-likeness (QED) is 0.761. The van der Waals surface area contributed by atoms with E-state index in [1.807, 2.05) is 32.9 Å². The van der Waals surface area contributed by atoms with E-state index in [0.717, 1.165) is 10.2 Å². The molecule has 0 radical (unpaired) electrons. The molecule has 0 saturated heterocycles. The Morgan fingerprint density at radius 1 is 1.24 bits per heavy atom. The molecule has 25 heavy (non-hydrogen) atoms. The summed E-state index contributed by atoms with van der Waals surface area (Å²) >= 11 is 1.72. The van der Waals surface area contributed by atoms with Gasteiger partial charge in [-0.25, -0.2) is 9.78 Å². The first-order valence-electron chi connectivity index (χ1n) is 8.84. The molecule has 5 nitrogen and oxygen atoms in total. The number of aromatic nitrogens is 1. The first kappa shape index (κ1) is 18.0. The van der Waals surface area contributed by atoms with Crippen molar-refractivity contribution < 1.29 is 14.3 Å². The molecule has 1 aliphatic rings. The molecule has 1 aliphatic carbocycles. The molecule has 1 saturated carbocycles. The number of hydrogen-bond donors (Lipinski definition) is 1. The van der Waals surface area contributed by atoms with Gasteiger partial charge in [-0.15, -0.1) is 11.3 Å². The fraction of sp³-hybridized carbons (Fsp3) is 0.579. The highest BCUT2D eigenvalue weighted by atomic mass is 32.1. The summed E-state index contributed by atoms with van der Waals surface area (Å²) in [6.07, 6.45) is 5.87. The molecule has 1 amide bonds. The van der Waals surface area contributed by atoms with Gasteiger partial charge in [-0.1, -0.05) is 19.3 Å². The second-order valence-electron chi connectivity index (χ2n) is 7.53. The van der Waals surface area contributed by atoms with Gasteiger partial charge in [-0.2, -0.15) is 0 Å². The van der Waals surface area contributed by atoms with Crippen molar-refractivity contribution in [1.82, 2.24) is 4.98 Å². The van der Waals surface area contributed by atoms with Gasteiger partial charge in [0.1, 0.15) is 11.4 Å². The topological polar surface area (TPSA) is 60.5 Å². The van der Waals surface area contributed by atoms with Crippen LogP contribution in [0.3, 0.4) is 0 Å². The molecule has 0 bridgehead atoms. The van der Waals surface area contributed by atoms with Crippen LogP contribution < -0.4 is 10.1 Å². The van der Waals surface area contributed by atoms with Crippen LogP contribution in [0.4, 0.5) is 10.5 Å². The largest absolute Gasteiger partial charge is 0.494 e. The fourth-order valence-electron chi connectivity index (χ4n) is 3.18. The maximum Gasteiger partial charge on any atom is 0.412 e. The first-order chi connectivity index (χ1) is 11.9. The van der Waals surface area contributed by atoms with Crippen LogP contribution in [-0.2, 0) is 4.74 Å². The summed E-state index contributed by atoms with van der Waals surface area (Å²) in [7, 11) is 1.59. The standard InChI is InChI=1S/C19H26N2O3S/c1-19(2,3)24-18(22)21-13-11-16-14(10-15(13)23-4)20-17(25-16)12-8-6-5-7-9-12/h10-12H,5-9H2,1-4H3,(H,21,22). The number of nitrogens with one attached hydrogen (secondary N) is 1. The van der Waals surface area contributed by atoms with Crippen molar-refractivity contribution in [2.75, 3.05) is 12.4 Å². The molecule has 1 aromatic carbocycles. The first-order valence-corrected chi connectivity index (χ1v) is 9.66. The van der Waals surface area contributed by atoms with E-state index in [1.165, 1.54) is 37.1 Å². The number of ether oxygens (including phenoxy) is 2. The van der Waals surface area contributed by atoms with Gasteiger partial charge in [0, 0.05) is 12.0 Å². The summed E-state index contributed by atoms with van der Waals surface area (Å²) in [5.74, 6) is 1.17. The molecule has 0 spiro atoms. The number of carbonyl (C=O) groups is 1. The zero-order valence-corrected chi connectivity index (χ0v) is 16.2. The highest BCUT2D eigenvalue weighted by molar-refractivity contribution is 7.18. The Morgan fingerprint density at radius 3 is 2.60 bits per heavy atom. The summed E-state index contributed by atoms with van der Waals surface area (Å²) in [4.78, 5) is 16.9. The maximum atomic E-state index is 12.1. The van der Waals surface area contributed by atoms with Crippen molar-refractivity contribution in [3.05, 3.63) is 17.1 Å². The number of anilines is 1. The van der Waals surface area contributed by atoms with Crippen LogP contribution >= 0.6 is 11.3 Å². The Bertz CT molecular complexity index is 758. The Hall–Kier alpha value is -1.82. The van der Waals surface area contributed by atoms with Crippen molar-refractivity contribution in [3.8, 4) is 5.75 Å². The van der Waals surface area contributed by atoms with Gasteiger partial charge in [0.25, 0.3) is 0 Å². The number of thiazole rings is 1. The number of methoxy groups -OCH3 is 1. The zero-order valence-electron chi connectivity index (χ0n) is 15.3. The van der Waals surface area contributed by atoms with Crippen molar-refractivity contribution in [3.63, 3.8) is 0 Å². The zero-order chi connectivity index (χ0) is 18.0. The average molecular weight is 362 g/mol. The van der Waals surface area contributed by atoms with Gasteiger partial charge in [0.2, 0.25) is 0 Å². The second-order valence-corrected chi connectivity index (χ2v) is 8.60. The maximum absolute atomic E-state index is 12.1. The molecule has 1 aromatic heterocycles. The molecule has 6 heteroatoms. The van der Waals surface area contributed by atoms with Crippen molar-refractivity contribution in [2.24, 2.45) is 0 Å². The molecular weight excluding hydrogens is 336 g/mol. The lowest BCUT2D eigenvalue weighted by Gasteiger charge is -2.20. The minimum atomic E-state index is -0.542. The van der Waals surface area contributed by atoms with Crippen molar-refractivity contribution in [1.29, 1.82) is 0 Å². The van der Waals surface area contributed by atoms with E-state index in [1.54, 1.807) is 18.4 Å². The highest BCUT2D eigenvalue weighted by Crippen LogP contribution is 2.39. The number of carbonyl (C=O) groups excluding carboxylic acids is 1. The number of amides is 1. The average Bonchev–Trinajstić information content (AvgIpc) is 2.96. The molecule has 1 fully saturated rings. The second kappa shape index (κ2) is 7.20. The van der Waals surface area contributed by atoms with Gasteiger partial charge in [-0.05, 0) is 39.7 Å². The Labute approximate surface area is 152 Å². The Balaban J connectivity index is 1.86. The van der Waals surface area contributed by atoms with E-state index in [2.05, 4.69) is 5.32 Å². The van der Waals surface area contributed by atoms with Crippen LogP contribution in [-0.4, -0.2) is 23.8 Å². The number of hydrogen-bond acceptors (Lipinski definition) is 5. The van der Waals surface area contributed by atoms with E-state index >= 15 is 0 Å². The summed E-state index contributed by atoms with van der Waals surface area (Å²) in [5.41, 5.74) is 1.00. The van der Waals surface area contributed by atoms with Gasteiger partial charge < -0.3 is 9.47 Å². The molecule has 0 unspecified atom stereocenters.